The lowest BCUT2D eigenvalue weighted by atomic mass is 10.0. The summed E-state index contributed by atoms with van der Waals surface area (Å²) < 4.78 is 11.0. The van der Waals surface area contributed by atoms with Gasteiger partial charge in [-0.1, -0.05) is 11.6 Å². The minimum absolute atomic E-state index is 0.0421. The van der Waals surface area contributed by atoms with Gasteiger partial charge in [-0.25, -0.2) is 0 Å². The third-order valence-corrected chi connectivity index (χ3v) is 4.44. The van der Waals surface area contributed by atoms with Crippen LogP contribution in [0.3, 0.4) is 0 Å². The Hall–Kier alpha value is -1.26. The Kier molecular flexibility index (Phi) is 3.61. The first kappa shape index (κ1) is 13.7. The van der Waals surface area contributed by atoms with Gasteiger partial charge in [0.05, 0.1) is 29.9 Å². The highest BCUT2D eigenvalue weighted by Gasteiger charge is 2.42. The maximum absolute atomic E-state index is 12.6. The Morgan fingerprint density at radius 1 is 1.45 bits per heavy atom. The standard InChI is InChI=1S/C15H18ClNO3/c1-9-5-10-7-17(8-14(10)20-9)15(18)12-6-11(19-2)3-4-13(12)16/h3-4,6,9-10,14H,5,7-8H2,1-2H3/t9-,10+,14-/m1/s1. The van der Waals surface area contributed by atoms with Crippen LogP contribution in [0.5, 0.6) is 5.75 Å². The van der Waals surface area contributed by atoms with Crippen LogP contribution in [0, 0.1) is 5.92 Å². The summed E-state index contributed by atoms with van der Waals surface area (Å²) in [5.41, 5.74) is 0.499. The van der Waals surface area contributed by atoms with Gasteiger partial charge < -0.3 is 14.4 Å². The van der Waals surface area contributed by atoms with Crippen LogP contribution < -0.4 is 4.74 Å². The van der Waals surface area contributed by atoms with Crippen LogP contribution in [-0.2, 0) is 4.74 Å². The van der Waals surface area contributed by atoms with Crippen molar-refractivity contribution in [2.24, 2.45) is 5.92 Å². The van der Waals surface area contributed by atoms with Gasteiger partial charge in [0.25, 0.3) is 5.91 Å². The monoisotopic (exact) mass is 295 g/mol. The van der Waals surface area contributed by atoms with Crippen molar-refractivity contribution in [1.29, 1.82) is 0 Å². The molecular weight excluding hydrogens is 278 g/mol. The molecule has 0 radical (unpaired) electrons. The molecule has 1 aromatic rings. The fraction of sp³-hybridized carbons (Fsp3) is 0.533. The Labute approximate surface area is 123 Å². The third kappa shape index (κ3) is 2.38. The molecular formula is C15H18ClNO3. The number of benzene rings is 1. The molecule has 0 spiro atoms. The van der Waals surface area contributed by atoms with E-state index in [2.05, 4.69) is 6.92 Å². The average molecular weight is 296 g/mol. The van der Waals surface area contributed by atoms with Gasteiger partial charge in [0.1, 0.15) is 5.75 Å². The molecule has 0 aromatic heterocycles. The van der Waals surface area contributed by atoms with Crippen molar-refractivity contribution in [1.82, 2.24) is 4.90 Å². The number of rotatable bonds is 2. The minimum atomic E-state index is -0.0421. The molecule has 20 heavy (non-hydrogen) atoms. The van der Waals surface area contributed by atoms with Gasteiger partial charge in [-0.3, -0.25) is 4.79 Å². The van der Waals surface area contributed by atoms with E-state index < -0.39 is 0 Å². The van der Waals surface area contributed by atoms with E-state index in [9.17, 15) is 4.79 Å². The number of likely N-dealkylation sites (tertiary alicyclic amines) is 1. The molecule has 2 aliphatic heterocycles. The highest BCUT2D eigenvalue weighted by atomic mass is 35.5. The zero-order chi connectivity index (χ0) is 14.3. The summed E-state index contributed by atoms with van der Waals surface area (Å²) in [5, 5.41) is 0.460. The molecule has 4 nitrogen and oxygen atoms in total. The van der Waals surface area contributed by atoms with Crippen LogP contribution in [0.25, 0.3) is 0 Å². The van der Waals surface area contributed by atoms with Crippen LogP contribution >= 0.6 is 11.6 Å². The summed E-state index contributed by atoms with van der Waals surface area (Å²) in [4.78, 5) is 14.4. The number of hydrogen-bond donors (Lipinski definition) is 0. The smallest absolute Gasteiger partial charge is 0.255 e. The lowest BCUT2D eigenvalue weighted by Crippen LogP contribution is -2.31. The maximum atomic E-state index is 12.6. The van der Waals surface area contributed by atoms with Gasteiger partial charge in [-0.05, 0) is 31.5 Å². The van der Waals surface area contributed by atoms with Crippen molar-refractivity contribution >= 4 is 17.5 Å². The van der Waals surface area contributed by atoms with Crippen LogP contribution in [0.4, 0.5) is 0 Å². The van der Waals surface area contributed by atoms with Crippen LogP contribution in [0.15, 0.2) is 18.2 Å². The molecule has 5 heteroatoms. The summed E-state index contributed by atoms with van der Waals surface area (Å²) in [7, 11) is 1.58. The lowest BCUT2D eigenvalue weighted by molar-refractivity contribution is 0.0443. The fourth-order valence-electron chi connectivity index (χ4n) is 3.13. The zero-order valence-corrected chi connectivity index (χ0v) is 12.4. The highest BCUT2D eigenvalue weighted by Crippen LogP contribution is 2.34. The highest BCUT2D eigenvalue weighted by molar-refractivity contribution is 6.33. The van der Waals surface area contributed by atoms with Gasteiger partial charge in [0.15, 0.2) is 0 Å². The maximum Gasteiger partial charge on any atom is 0.255 e. The first-order valence-electron chi connectivity index (χ1n) is 6.86. The SMILES string of the molecule is COc1ccc(Cl)c(C(=O)N2C[C@@H]3C[C@@H](C)O[C@@H]3C2)c1. The molecule has 2 aliphatic rings. The molecule has 2 fully saturated rings. The summed E-state index contributed by atoms with van der Waals surface area (Å²) >= 11 is 6.14. The number of amides is 1. The largest absolute Gasteiger partial charge is 0.497 e. The van der Waals surface area contributed by atoms with E-state index in [0.717, 1.165) is 13.0 Å². The fourth-order valence-corrected chi connectivity index (χ4v) is 3.33. The molecule has 0 aliphatic carbocycles. The summed E-state index contributed by atoms with van der Waals surface area (Å²) in [6, 6.07) is 5.15. The molecule has 0 N–H and O–H groups in total. The quantitative estimate of drug-likeness (QED) is 0.842. The third-order valence-electron chi connectivity index (χ3n) is 4.11. The van der Waals surface area contributed by atoms with Crippen LogP contribution in [-0.4, -0.2) is 43.2 Å². The molecule has 2 heterocycles. The second-order valence-corrected chi connectivity index (χ2v) is 5.94. The first-order valence-corrected chi connectivity index (χ1v) is 7.24. The Morgan fingerprint density at radius 3 is 2.95 bits per heavy atom. The summed E-state index contributed by atoms with van der Waals surface area (Å²) in [6.45, 7) is 3.49. The summed E-state index contributed by atoms with van der Waals surface area (Å²) in [5.74, 6) is 1.06. The second kappa shape index (κ2) is 5.26. The normalized spacial score (nSPS) is 28.6. The predicted molar refractivity (Wildman–Crippen MR) is 76.3 cm³/mol. The predicted octanol–water partition coefficient (Wildman–Crippen LogP) is 2.60. The van der Waals surface area contributed by atoms with E-state index in [1.807, 2.05) is 4.90 Å². The van der Waals surface area contributed by atoms with E-state index in [1.165, 1.54) is 0 Å². The van der Waals surface area contributed by atoms with Crippen molar-refractivity contribution in [2.75, 3.05) is 20.2 Å². The number of nitrogens with zero attached hydrogens (tertiary/aromatic N) is 1. The van der Waals surface area contributed by atoms with E-state index in [0.29, 0.717) is 34.9 Å². The van der Waals surface area contributed by atoms with Gasteiger partial charge in [0, 0.05) is 19.0 Å². The molecule has 1 amide bonds. The van der Waals surface area contributed by atoms with Gasteiger partial charge in [-0.15, -0.1) is 0 Å². The van der Waals surface area contributed by atoms with Gasteiger partial charge in [0.2, 0.25) is 0 Å². The van der Waals surface area contributed by atoms with E-state index in [4.69, 9.17) is 21.1 Å². The number of methoxy groups -OCH3 is 1. The van der Waals surface area contributed by atoms with E-state index in [1.54, 1.807) is 25.3 Å². The van der Waals surface area contributed by atoms with E-state index >= 15 is 0 Å². The molecule has 0 unspecified atom stereocenters. The van der Waals surface area contributed by atoms with Crippen molar-refractivity contribution in [3.63, 3.8) is 0 Å². The molecule has 2 saturated heterocycles. The average Bonchev–Trinajstić information content (AvgIpc) is 2.95. The van der Waals surface area contributed by atoms with Gasteiger partial charge >= 0.3 is 0 Å². The Balaban J connectivity index is 1.77. The number of carbonyl (C=O) groups is 1. The summed E-state index contributed by atoms with van der Waals surface area (Å²) in [6.07, 6.45) is 1.52. The molecule has 3 atom stereocenters. The van der Waals surface area contributed by atoms with Crippen molar-refractivity contribution < 1.29 is 14.3 Å². The second-order valence-electron chi connectivity index (χ2n) is 5.54. The minimum Gasteiger partial charge on any atom is -0.497 e. The van der Waals surface area contributed by atoms with Crippen molar-refractivity contribution in [3.05, 3.63) is 28.8 Å². The number of ether oxygens (including phenoxy) is 2. The molecule has 0 bridgehead atoms. The number of hydrogen-bond acceptors (Lipinski definition) is 3. The van der Waals surface area contributed by atoms with Crippen LogP contribution in [0.2, 0.25) is 5.02 Å². The number of fused-ring (bicyclic) bond motifs is 1. The molecule has 108 valence electrons. The van der Waals surface area contributed by atoms with Crippen LogP contribution in [0.1, 0.15) is 23.7 Å². The van der Waals surface area contributed by atoms with E-state index in [-0.39, 0.29) is 12.0 Å². The Bertz CT molecular complexity index is 520. The molecule has 0 saturated carbocycles. The van der Waals surface area contributed by atoms with Crippen molar-refractivity contribution in [3.8, 4) is 5.75 Å². The topological polar surface area (TPSA) is 38.8 Å². The molecule has 1 aromatic carbocycles. The lowest BCUT2D eigenvalue weighted by Gasteiger charge is -2.19. The molecule has 3 rings (SSSR count). The first-order chi connectivity index (χ1) is 9.58. The van der Waals surface area contributed by atoms with Crippen molar-refractivity contribution in [2.45, 2.75) is 25.6 Å². The number of halogens is 1. The Morgan fingerprint density at radius 2 is 2.25 bits per heavy atom. The zero-order valence-electron chi connectivity index (χ0n) is 11.6. The van der Waals surface area contributed by atoms with Gasteiger partial charge in [-0.2, -0.15) is 0 Å². The number of carbonyl (C=O) groups excluding carboxylic acids is 1.